The van der Waals surface area contributed by atoms with E-state index in [0.717, 1.165) is 11.1 Å². The molecule has 1 N–H and O–H groups in total. The number of nitrogens with one attached hydrogen (secondary N) is 1. The summed E-state index contributed by atoms with van der Waals surface area (Å²) in [6.07, 6.45) is 3.22. The number of hydrogen-bond donors (Lipinski definition) is 1. The molecule has 122 valence electrons. The van der Waals surface area contributed by atoms with E-state index in [1.54, 1.807) is 10.9 Å². The van der Waals surface area contributed by atoms with Crippen LogP contribution >= 0.6 is 11.6 Å². The lowest BCUT2D eigenvalue weighted by Crippen LogP contribution is -2.14. The molecular formula is C18H17ClN4O. The summed E-state index contributed by atoms with van der Waals surface area (Å²) in [6.45, 7) is 5.71. The summed E-state index contributed by atoms with van der Waals surface area (Å²) in [5.74, 6) is 0.419. The van der Waals surface area contributed by atoms with Crippen molar-refractivity contribution in [2.24, 2.45) is 0 Å². The second-order valence-corrected chi connectivity index (χ2v) is 6.04. The molecule has 2 aromatic heterocycles. The maximum atomic E-state index is 12.6. The van der Waals surface area contributed by atoms with Crippen LogP contribution in [0.4, 0.5) is 5.69 Å². The Bertz CT molecular complexity index is 880. The molecule has 0 fully saturated rings. The van der Waals surface area contributed by atoms with Crippen molar-refractivity contribution >= 4 is 23.2 Å². The highest BCUT2D eigenvalue weighted by Gasteiger charge is 2.17. The summed E-state index contributed by atoms with van der Waals surface area (Å²) in [7, 11) is 0. The number of rotatable bonds is 3. The summed E-state index contributed by atoms with van der Waals surface area (Å²) in [5.41, 5.74) is 3.79. The van der Waals surface area contributed by atoms with Crippen molar-refractivity contribution in [1.82, 2.24) is 14.8 Å². The monoisotopic (exact) mass is 340 g/mol. The molecule has 3 rings (SSSR count). The Morgan fingerprint density at radius 2 is 2.00 bits per heavy atom. The molecule has 0 saturated heterocycles. The van der Waals surface area contributed by atoms with Gasteiger partial charge in [-0.05, 0) is 50.1 Å². The number of carbonyl (C=O) groups excluding carboxylic acids is 1. The fourth-order valence-corrected chi connectivity index (χ4v) is 2.97. The van der Waals surface area contributed by atoms with Gasteiger partial charge in [-0.3, -0.25) is 4.79 Å². The molecule has 6 heteroatoms. The average Bonchev–Trinajstić information content (AvgIpc) is 2.93. The quantitative estimate of drug-likeness (QED) is 0.781. The third kappa shape index (κ3) is 3.03. The second-order valence-electron chi connectivity index (χ2n) is 5.64. The lowest BCUT2D eigenvalue weighted by Gasteiger charge is -2.11. The topological polar surface area (TPSA) is 59.8 Å². The molecule has 3 aromatic rings. The zero-order valence-corrected chi connectivity index (χ0v) is 14.4. The van der Waals surface area contributed by atoms with Gasteiger partial charge >= 0.3 is 0 Å². The first kappa shape index (κ1) is 16.2. The van der Waals surface area contributed by atoms with Crippen LogP contribution in [-0.2, 0) is 0 Å². The number of aryl methyl sites for hydroxylation is 2. The van der Waals surface area contributed by atoms with Crippen LogP contribution in [0.5, 0.6) is 0 Å². The molecule has 0 aliphatic carbocycles. The molecular weight excluding hydrogens is 324 g/mol. The number of amides is 1. The number of aromatic nitrogens is 3. The van der Waals surface area contributed by atoms with E-state index in [0.29, 0.717) is 27.8 Å². The highest BCUT2D eigenvalue weighted by molar-refractivity contribution is 6.34. The van der Waals surface area contributed by atoms with E-state index in [-0.39, 0.29) is 5.91 Å². The summed E-state index contributed by atoms with van der Waals surface area (Å²) < 4.78 is 1.64. The van der Waals surface area contributed by atoms with Crippen molar-refractivity contribution in [2.75, 3.05) is 5.32 Å². The minimum Gasteiger partial charge on any atom is -0.320 e. The fourth-order valence-electron chi connectivity index (χ4n) is 2.60. The number of pyridine rings is 1. The summed E-state index contributed by atoms with van der Waals surface area (Å²) in [5, 5.41) is 7.67. The van der Waals surface area contributed by atoms with Gasteiger partial charge in [0.2, 0.25) is 0 Å². The van der Waals surface area contributed by atoms with Crippen molar-refractivity contribution in [3.63, 3.8) is 0 Å². The number of benzene rings is 1. The van der Waals surface area contributed by atoms with Gasteiger partial charge in [0.05, 0.1) is 28.2 Å². The van der Waals surface area contributed by atoms with E-state index in [9.17, 15) is 4.79 Å². The van der Waals surface area contributed by atoms with Crippen LogP contribution in [0.2, 0.25) is 5.02 Å². The first-order valence-corrected chi connectivity index (χ1v) is 7.89. The SMILES string of the molecule is Cc1cc(C)c(NC(=O)c2cnn(-c3ccccn3)c2C)c(Cl)c1. The van der Waals surface area contributed by atoms with E-state index in [4.69, 9.17) is 11.6 Å². The first-order chi connectivity index (χ1) is 11.5. The van der Waals surface area contributed by atoms with Gasteiger partial charge in [-0.25, -0.2) is 9.67 Å². The predicted molar refractivity (Wildman–Crippen MR) is 95.0 cm³/mol. The van der Waals surface area contributed by atoms with Crippen LogP contribution < -0.4 is 5.32 Å². The maximum Gasteiger partial charge on any atom is 0.259 e. The summed E-state index contributed by atoms with van der Waals surface area (Å²) >= 11 is 6.26. The minimum absolute atomic E-state index is 0.247. The molecule has 0 aliphatic heterocycles. The highest BCUT2D eigenvalue weighted by atomic mass is 35.5. The second kappa shape index (κ2) is 6.45. The highest BCUT2D eigenvalue weighted by Crippen LogP contribution is 2.28. The third-order valence-electron chi connectivity index (χ3n) is 3.79. The predicted octanol–water partition coefficient (Wildman–Crippen LogP) is 4.10. The molecule has 0 bridgehead atoms. The summed E-state index contributed by atoms with van der Waals surface area (Å²) in [6, 6.07) is 9.35. The van der Waals surface area contributed by atoms with E-state index in [2.05, 4.69) is 15.4 Å². The van der Waals surface area contributed by atoms with Gasteiger partial charge in [0, 0.05) is 6.20 Å². The van der Waals surface area contributed by atoms with E-state index in [1.807, 2.05) is 51.1 Å². The van der Waals surface area contributed by atoms with Gasteiger partial charge in [0.1, 0.15) is 0 Å². The van der Waals surface area contributed by atoms with E-state index >= 15 is 0 Å². The largest absolute Gasteiger partial charge is 0.320 e. The van der Waals surface area contributed by atoms with Gasteiger partial charge in [0.15, 0.2) is 5.82 Å². The molecule has 1 aromatic carbocycles. The van der Waals surface area contributed by atoms with Gasteiger partial charge in [-0.1, -0.05) is 23.7 Å². The molecule has 24 heavy (non-hydrogen) atoms. The van der Waals surface area contributed by atoms with Gasteiger partial charge < -0.3 is 5.32 Å². The van der Waals surface area contributed by atoms with Crippen molar-refractivity contribution in [3.8, 4) is 5.82 Å². The number of hydrogen-bond acceptors (Lipinski definition) is 3. The fraction of sp³-hybridized carbons (Fsp3) is 0.167. The Hall–Kier alpha value is -2.66. The Balaban J connectivity index is 1.91. The van der Waals surface area contributed by atoms with Crippen LogP contribution in [0, 0.1) is 20.8 Å². The van der Waals surface area contributed by atoms with Crippen LogP contribution in [0.25, 0.3) is 5.82 Å². The lowest BCUT2D eigenvalue weighted by atomic mass is 10.1. The molecule has 2 heterocycles. The van der Waals surface area contributed by atoms with Gasteiger partial charge in [-0.2, -0.15) is 5.10 Å². The molecule has 0 radical (unpaired) electrons. The van der Waals surface area contributed by atoms with E-state index < -0.39 is 0 Å². The minimum atomic E-state index is -0.247. The zero-order chi connectivity index (χ0) is 17.3. The number of anilines is 1. The van der Waals surface area contributed by atoms with Crippen molar-refractivity contribution in [1.29, 1.82) is 0 Å². The molecule has 1 amide bonds. The van der Waals surface area contributed by atoms with E-state index in [1.165, 1.54) is 6.20 Å². The molecule has 0 saturated carbocycles. The van der Waals surface area contributed by atoms with Crippen molar-refractivity contribution in [2.45, 2.75) is 20.8 Å². The Morgan fingerprint density at radius 3 is 2.67 bits per heavy atom. The summed E-state index contributed by atoms with van der Waals surface area (Å²) in [4.78, 5) is 16.9. The number of nitrogens with zero attached hydrogens (tertiary/aromatic N) is 3. The van der Waals surface area contributed by atoms with Gasteiger partial charge in [-0.15, -0.1) is 0 Å². The van der Waals surface area contributed by atoms with Crippen LogP contribution in [0.15, 0.2) is 42.7 Å². The van der Waals surface area contributed by atoms with Crippen LogP contribution in [-0.4, -0.2) is 20.7 Å². The van der Waals surface area contributed by atoms with Crippen LogP contribution in [0.1, 0.15) is 27.2 Å². The number of carbonyl (C=O) groups is 1. The maximum absolute atomic E-state index is 12.6. The van der Waals surface area contributed by atoms with Gasteiger partial charge in [0.25, 0.3) is 5.91 Å². The smallest absolute Gasteiger partial charge is 0.259 e. The lowest BCUT2D eigenvalue weighted by molar-refractivity contribution is 0.102. The molecule has 0 spiro atoms. The number of halogens is 1. The average molecular weight is 341 g/mol. The first-order valence-electron chi connectivity index (χ1n) is 7.51. The third-order valence-corrected chi connectivity index (χ3v) is 4.09. The Kier molecular flexibility index (Phi) is 4.36. The van der Waals surface area contributed by atoms with Crippen LogP contribution in [0.3, 0.4) is 0 Å². The molecule has 0 atom stereocenters. The Labute approximate surface area is 145 Å². The van der Waals surface area contributed by atoms with Crippen molar-refractivity contribution < 1.29 is 4.79 Å². The Morgan fingerprint density at radius 1 is 1.21 bits per heavy atom. The van der Waals surface area contributed by atoms with Crippen molar-refractivity contribution in [3.05, 3.63) is 70.1 Å². The molecule has 5 nitrogen and oxygen atoms in total. The molecule has 0 aliphatic rings. The normalized spacial score (nSPS) is 10.7. The zero-order valence-electron chi connectivity index (χ0n) is 13.7. The standard InChI is InChI=1S/C18H17ClN4O/c1-11-8-12(2)17(15(19)9-11)22-18(24)14-10-21-23(13(14)3)16-6-4-5-7-20-16/h4-10H,1-3H3,(H,22,24). The molecule has 0 unspecified atom stereocenters.